The Hall–Kier alpha value is -0.900. The highest BCUT2D eigenvalue weighted by atomic mass is 15.3. The van der Waals surface area contributed by atoms with Crippen LogP contribution >= 0.6 is 0 Å². The van der Waals surface area contributed by atoms with Crippen molar-refractivity contribution in [2.75, 3.05) is 6.54 Å². The van der Waals surface area contributed by atoms with Crippen molar-refractivity contribution in [3.63, 3.8) is 0 Å². The van der Waals surface area contributed by atoms with Crippen molar-refractivity contribution in [2.45, 2.75) is 59.0 Å². The molecular weight excluding hydrogens is 224 g/mol. The van der Waals surface area contributed by atoms with E-state index in [0.717, 1.165) is 37.3 Å². The first-order valence-corrected chi connectivity index (χ1v) is 7.29. The van der Waals surface area contributed by atoms with Crippen molar-refractivity contribution in [2.24, 2.45) is 11.8 Å². The summed E-state index contributed by atoms with van der Waals surface area (Å²) in [6.45, 7) is 8.76. The molecule has 0 bridgehead atoms. The monoisotopic (exact) mass is 250 g/mol. The molecule has 1 unspecified atom stereocenters. The van der Waals surface area contributed by atoms with Gasteiger partial charge in [-0.2, -0.15) is 5.10 Å². The molecule has 1 aliphatic carbocycles. The van der Waals surface area contributed by atoms with Gasteiger partial charge in [0.1, 0.15) is 12.2 Å². The van der Waals surface area contributed by atoms with Gasteiger partial charge in [-0.05, 0) is 44.6 Å². The lowest BCUT2D eigenvalue weighted by Gasteiger charge is -2.19. The van der Waals surface area contributed by atoms with E-state index in [0.29, 0.717) is 5.92 Å². The predicted molar refractivity (Wildman–Crippen MR) is 73.4 cm³/mol. The van der Waals surface area contributed by atoms with Crippen LogP contribution in [0, 0.1) is 11.8 Å². The summed E-state index contributed by atoms with van der Waals surface area (Å²) in [6, 6.07) is 0.795. The second-order valence-electron chi connectivity index (χ2n) is 5.87. The van der Waals surface area contributed by atoms with Crippen LogP contribution in [-0.2, 0) is 13.0 Å². The number of hydrogen-bond donors (Lipinski definition) is 1. The van der Waals surface area contributed by atoms with E-state index >= 15 is 0 Å². The molecule has 2 rings (SSSR count). The Morgan fingerprint density at radius 3 is 2.83 bits per heavy atom. The first-order valence-electron chi connectivity index (χ1n) is 7.29. The number of aromatic nitrogens is 3. The Balaban J connectivity index is 1.89. The van der Waals surface area contributed by atoms with Crippen LogP contribution in [0.15, 0.2) is 6.33 Å². The Kier molecular flexibility index (Phi) is 4.75. The molecule has 0 radical (unpaired) electrons. The second kappa shape index (κ2) is 6.32. The molecule has 1 aromatic rings. The van der Waals surface area contributed by atoms with Crippen LogP contribution in [0.2, 0.25) is 0 Å². The van der Waals surface area contributed by atoms with Crippen molar-refractivity contribution in [3.8, 4) is 0 Å². The van der Waals surface area contributed by atoms with Crippen LogP contribution in [0.25, 0.3) is 0 Å². The lowest BCUT2D eigenvalue weighted by Crippen LogP contribution is -2.28. The molecule has 0 spiro atoms. The van der Waals surface area contributed by atoms with Crippen LogP contribution in [-0.4, -0.2) is 27.4 Å². The second-order valence-corrected chi connectivity index (χ2v) is 5.87. The summed E-state index contributed by atoms with van der Waals surface area (Å²) in [5, 5.41) is 7.91. The fourth-order valence-corrected chi connectivity index (χ4v) is 2.49. The number of rotatable bonds is 8. The van der Waals surface area contributed by atoms with E-state index in [-0.39, 0.29) is 0 Å². The fourth-order valence-electron chi connectivity index (χ4n) is 2.49. The zero-order chi connectivity index (χ0) is 13.0. The molecule has 1 fully saturated rings. The SMILES string of the molecule is CCn1ncnc1CC(CNC1CC1)CC(C)C. The summed E-state index contributed by atoms with van der Waals surface area (Å²) in [5.41, 5.74) is 0. The summed E-state index contributed by atoms with van der Waals surface area (Å²) in [6.07, 6.45) is 6.71. The highest BCUT2D eigenvalue weighted by Gasteiger charge is 2.23. The summed E-state index contributed by atoms with van der Waals surface area (Å²) >= 11 is 0. The van der Waals surface area contributed by atoms with Crippen LogP contribution < -0.4 is 5.32 Å². The fraction of sp³-hybridized carbons (Fsp3) is 0.857. The third kappa shape index (κ3) is 4.09. The highest BCUT2D eigenvalue weighted by Crippen LogP contribution is 2.21. The molecular formula is C14H26N4. The summed E-state index contributed by atoms with van der Waals surface area (Å²) in [7, 11) is 0. The van der Waals surface area contributed by atoms with Crippen molar-refractivity contribution in [1.29, 1.82) is 0 Å². The van der Waals surface area contributed by atoms with Gasteiger partial charge in [0.25, 0.3) is 0 Å². The molecule has 0 amide bonds. The van der Waals surface area contributed by atoms with E-state index in [9.17, 15) is 0 Å². The van der Waals surface area contributed by atoms with E-state index in [1.807, 2.05) is 4.68 Å². The Bertz CT molecular complexity index is 354. The highest BCUT2D eigenvalue weighted by molar-refractivity contribution is 4.89. The topological polar surface area (TPSA) is 42.7 Å². The molecule has 18 heavy (non-hydrogen) atoms. The standard InChI is InChI=1S/C14H26N4/c1-4-18-14(16-10-17-18)8-12(7-11(2)3)9-15-13-5-6-13/h10-13,15H,4-9H2,1-3H3. The molecule has 1 aromatic heterocycles. The zero-order valence-corrected chi connectivity index (χ0v) is 11.9. The quantitative estimate of drug-likeness (QED) is 0.769. The number of nitrogens with zero attached hydrogens (tertiary/aromatic N) is 3. The van der Waals surface area contributed by atoms with E-state index < -0.39 is 0 Å². The number of hydrogen-bond acceptors (Lipinski definition) is 3. The van der Waals surface area contributed by atoms with Gasteiger partial charge >= 0.3 is 0 Å². The number of nitrogens with one attached hydrogen (secondary N) is 1. The predicted octanol–water partition coefficient (Wildman–Crippen LogP) is 2.25. The third-order valence-electron chi connectivity index (χ3n) is 3.54. The van der Waals surface area contributed by atoms with Gasteiger partial charge in [0.05, 0.1) is 0 Å². The van der Waals surface area contributed by atoms with E-state index in [2.05, 4.69) is 36.2 Å². The smallest absolute Gasteiger partial charge is 0.138 e. The van der Waals surface area contributed by atoms with E-state index in [1.54, 1.807) is 6.33 Å². The zero-order valence-electron chi connectivity index (χ0n) is 11.9. The first kappa shape index (κ1) is 13.5. The minimum atomic E-state index is 0.681. The maximum atomic E-state index is 4.40. The van der Waals surface area contributed by atoms with Crippen molar-refractivity contribution < 1.29 is 0 Å². The van der Waals surface area contributed by atoms with Crippen LogP contribution in [0.1, 0.15) is 45.9 Å². The van der Waals surface area contributed by atoms with Gasteiger partial charge in [-0.1, -0.05) is 13.8 Å². The Labute approximate surface area is 110 Å². The van der Waals surface area contributed by atoms with E-state index in [1.165, 1.54) is 19.3 Å². The maximum absolute atomic E-state index is 4.40. The molecule has 0 aromatic carbocycles. The van der Waals surface area contributed by atoms with Crippen molar-refractivity contribution >= 4 is 0 Å². The molecule has 1 heterocycles. The molecule has 0 aliphatic heterocycles. The first-order chi connectivity index (χ1) is 8.69. The van der Waals surface area contributed by atoms with Gasteiger partial charge in [0, 0.05) is 19.0 Å². The molecule has 1 N–H and O–H groups in total. The summed E-state index contributed by atoms with van der Waals surface area (Å²) in [4.78, 5) is 4.40. The van der Waals surface area contributed by atoms with Gasteiger partial charge in [-0.15, -0.1) is 0 Å². The molecule has 102 valence electrons. The average Bonchev–Trinajstić information content (AvgIpc) is 3.05. The van der Waals surface area contributed by atoms with Gasteiger partial charge in [-0.3, -0.25) is 4.68 Å². The van der Waals surface area contributed by atoms with Crippen LogP contribution in [0.4, 0.5) is 0 Å². The number of aryl methyl sites for hydroxylation is 1. The van der Waals surface area contributed by atoms with Gasteiger partial charge in [0.15, 0.2) is 0 Å². The Morgan fingerprint density at radius 2 is 2.22 bits per heavy atom. The molecule has 4 heteroatoms. The molecule has 1 saturated carbocycles. The summed E-state index contributed by atoms with van der Waals surface area (Å²) in [5.74, 6) is 2.56. The summed E-state index contributed by atoms with van der Waals surface area (Å²) < 4.78 is 2.02. The van der Waals surface area contributed by atoms with Crippen LogP contribution in [0.5, 0.6) is 0 Å². The lowest BCUT2D eigenvalue weighted by atomic mass is 9.93. The van der Waals surface area contributed by atoms with Gasteiger partial charge in [-0.25, -0.2) is 4.98 Å². The van der Waals surface area contributed by atoms with E-state index in [4.69, 9.17) is 0 Å². The molecule has 0 saturated heterocycles. The third-order valence-corrected chi connectivity index (χ3v) is 3.54. The van der Waals surface area contributed by atoms with Crippen LogP contribution in [0.3, 0.4) is 0 Å². The molecule has 1 aliphatic rings. The van der Waals surface area contributed by atoms with Crippen molar-refractivity contribution in [1.82, 2.24) is 20.1 Å². The van der Waals surface area contributed by atoms with Crippen molar-refractivity contribution in [3.05, 3.63) is 12.2 Å². The average molecular weight is 250 g/mol. The largest absolute Gasteiger partial charge is 0.314 e. The molecule has 1 atom stereocenters. The van der Waals surface area contributed by atoms with Gasteiger partial charge < -0.3 is 5.32 Å². The normalized spacial score (nSPS) is 17.3. The van der Waals surface area contributed by atoms with Gasteiger partial charge in [0.2, 0.25) is 0 Å². The lowest BCUT2D eigenvalue weighted by molar-refractivity contribution is 0.372. The maximum Gasteiger partial charge on any atom is 0.138 e. The minimum absolute atomic E-state index is 0.681. The molecule has 4 nitrogen and oxygen atoms in total. The minimum Gasteiger partial charge on any atom is -0.314 e. The Morgan fingerprint density at radius 1 is 1.44 bits per heavy atom.